The van der Waals surface area contributed by atoms with Crippen molar-refractivity contribution in [2.45, 2.75) is 44.6 Å². The maximum absolute atomic E-state index is 12.8. The lowest BCUT2D eigenvalue weighted by molar-refractivity contribution is -0.141. The maximum Gasteiger partial charge on any atom is 0.255 e. The number of hydrogen-bond donors (Lipinski definition) is 0. The fourth-order valence-electron chi connectivity index (χ4n) is 4.33. The van der Waals surface area contributed by atoms with Crippen LogP contribution in [-0.2, 0) is 25.6 Å². The summed E-state index contributed by atoms with van der Waals surface area (Å²) < 4.78 is 10.8. The van der Waals surface area contributed by atoms with Gasteiger partial charge < -0.3 is 28.9 Å². The molecule has 1 aromatic carbocycles. The second-order valence-electron chi connectivity index (χ2n) is 7.35. The number of carbonyl (C=O) groups is 3. The zero-order valence-corrected chi connectivity index (χ0v) is 16.5. The molecule has 0 saturated carbocycles. The number of carbonyl (C=O) groups excluding carboxylic acids is 3. The van der Waals surface area contributed by atoms with Gasteiger partial charge in [0.2, 0.25) is 0 Å². The van der Waals surface area contributed by atoms with Gasteiger partial charge in [-0.2, -0.15) is 0 Å². The molecule has 7 heteroatoms. The number of ether oxygens (including phenoxy) is 2. The SMILES string of the molecule is COC(OC)C1CCN(c2cccc3c2CN(C(C=O)CCC=O)C3=O)CC1. The first kappa shape index (κ1) is 20.5. The maximum atomic E-state index is 12.8. The van der Waals surface area contributed by atoms with E-state index in [9.17, 15) is 14.4 Å². The highest BCUT2D eigenvalue weighted by Gasteiger charge is 2.35. The Morgan fingerprint density at radius 3 is 2.50 bits per heavy atom. The van der Waals surface area contributed by atoms with Crippen molar-refractivity contribution >= 4 is 24.2 Å². The van der Waals surface area contributed by atoms with E-state index in [0.717, 1.165) is 49.8 Å². The van der Waals surface area contributed by atoms with Gasteiger partial charge in [0, 0.05) is 63.0 Å². The number of hydrogen-bond acceptors (Lipinski definition) is 6. The summed E-state index contributed by atoms with van der Waals surface area (Å²) in [7, 11) is 3.33. The first-order chi connectivity index (χ1) is 13.6. The van der Waals surface area contributed by atoms with Crippen molar-refractivity contribution < 1.29 is 23.9 Å². The lowest BCUT2D eigenvalue weighted by Gasteiger charge is -2.37. The predicted octanol–water partition coefficient (Wildman–Crippen LogP) is 2.02. The topological polar surface area (TPSA) is 76.2 Å². The van der Waals surface area contributed by atoms with E-state index in [0.29, 0.717) is 24.4 Å². The predicted molar refractivity (Wildman–Crippen MR) is 104 cm³/mol. The first-order valence-corrected chi connectivity index (χ1v) is 9.76. The molecule has 0 N–H and O–H groups in total. The number of nitrogens with zero attached hydrogens (tertiary/aromatic N) is 2. The summed E-state index contributed by atoms with van der Waals surface area (Å²) in [6.45, 7) is 2.13. The number of piperidine rings is 1. The van der Waals surface area contributed by atoms with Crippen molar-refractivity contribution in [3.05, 3.63) is 29.3 Å². The Balaban J connectivity index is 1.75. The van der Waals surface area contributed by atoms with E-state index >= 15 is 0 Å². The molecule has 1 fully saturated rings. The molecule has 0 spiro atoms. The van der Waals surface area contributed by atoms with Crippen LogP contribution in [0.15, 0.2) is 18.2 Å². The number of aldehydes is 2. The van der Waals surface area contributed by atoms with Gasteiger partial charge in [0.05, 0.1) is 6.04 Å². The molecule has 152 valence electrons. The van der Waals surface area contributed by atoms with Gasteiger partial charge in [-0.25, -0.2) is 0 Å². The summed E-state index contributed by atoms with van der Waals surface area (Å²) in [6, 6.07) is 5.20. The molecule has 1 amide bonds. The number of benzene rings is 1. The Labute approximate surface area is 165 Å². The van der Waals surface area contributed by atoms with Crippen LogP contribution in [0, 0.1) is 5.92 Å². The number of fused-ring (bicyclic) bond motifs is 1. The van der Waals surface area contributed by atoms with Gasteiger partial charge in [-0.15, -0.1) is 0 Å². The molecule has 0 bridgehead atoms. The van der Waals surface area contributed by atoms with Crippen molar-refractivity contribution in [3.8, 4) is 0 Å². The van der Waals surface area contributed by atoms with Gasteiger partial charge in [0.25, 0.3) is 5.91 Å². The number of methoxy groups -OCH3 is 2. The Kier molecular flexibility index (Phi) is 6.80. The van der Waals surface area contributed by atoms with Crippen LogP contribution in [0.4, 0.5) is 5.69 Å². The highest BCUT2D eigenvalue weighted by atomic mass is 16.7. The van der Waals surface area contributed by atoms with E-state index in [-0.39, 0.29) is 18.6 Å². The summed E-state index contributed by atoms with van der Waals surface area (Å²) in [5.74, 6) is 0.220. The van der Waals surface area contributed by atoms with Gasteiger partial charge in [0.15, 0.2) is 6.29 Å². The van der Waals surface area contributed by atoms with E-state index in [4.69, 9.17) is 9.47 Å². The molecule has 3 rings (SSSR count). The standard InChI is InChI=1S/C21H28N2O5/c1-27-21(28-2)15-8-10-22(11-9-15)19-7-3-6-17-18(19)13-23(20(17)26)16(14-25)5-4-12-24/h3,6-7,12,14-16,21H,4-5,8-11,13H2,1-2H3. The quantitative estimate of drug-likeness (QED) is 0.476. The van der Waals surface area contributed by atoms with E-state index < -0.39 is 6.04 Å². The van der Waals surface area contributed by atoms with Crippen LogP contribution in [0.1, 0.15) is 41.6 Å². The fraction of sp³-hybridized carbons (Fsp3) is 0.571. The average Bonchev–Trinajstić information content (AvgIpc) is 3.07. The minimum Gasteiger partial charge on any atom is -0.371 e. The molecule has 1 aromatic rings. The van der Waals surface area contributed by atoms with Gasteiger partial charge >= 0.3 is 0 Å². The normalized spacial score (nSPS) is 18.5. The van der Waals surface area contributed by atoms with Crippen molar-refractivity contribution in [1.29, 1.82) is 0 Å². The molecule has 0 aromatic heterocycles. The van der Waals surface area contributed by atoms with E-state index in [1.165, 1.54) is 0 Å². The first-order valence-electron chi connectivity index (χ1n) is 9.76. The molecule has 2 heterocycles. The van der Waals surface area contributed by atoms with Crippen LogP contribution in [0.25, 0.3) is 0 Å². The molecule has 1 unspecified atom stereocenters. The summed E-state index contributed by atoms with van der Waals surface area (Å²) in [5, 5.41) is 0. The average molecular weight is 388 g/mol. The van der Waals surface area contributed by atoms with E-state index in [2.05, 4.69) is 4.90 Å². The smallest absolute Gasteiger partial charge is 0.255 e. The Hall–Kier alpha value is -2.25. The fourth-order valence-corrected chi connectivity index (χ4v) is 4.33. The van der Waals surface area contributed by atoms with Crippen LogP contribution < -0.4 is 4.90 Å². The largest absolute Gasteiger partial charge is 0.371 e. The van der Waals surface area contributed by atoms with Gasteiger partial charge in [-0.05, 0) is 31.4 Å². The number of rotatable bonds is 9. The molecular weight excluding hydrogens is 360 g/mol. The number of amides is 1. The van der Waals surface area contributed by atoms with Crippen molar-refractivity contribution in [3.63, 3.8) is 0 Å². The molecule has 2 aliphatic heterocycles. The Morgan fingerprint density at radius 1 is 1.18 bits per heavy atom. The monoisotopic (exact) mass is 388 g/mol. The third-order valence-corrected chi connectivity index (χ3v) is 5.84. The van der Waals surface area contributed by atoms with Crippen LogP contribution in [0.3, 0.4) is 0 Å². The zero-order valence-electron chi connectivity index (χ0n) is 16.5. The second-order valence-corrected chi connectivity index (χ2v) is 7.35. The van der Waals surface area contributed by atoms with E-state index in [1.807, 2.05) is 18.2 Å². The summed E-state index contributed by atoms with van der Waals surface area (Å²) in [5.41, 5.74) is 2.68. The Morgan fingerprint density at radius 2 is 1.89 bits per heavy atom. The summed E-state index contributed by atoms with van der Waals surface area (Å²) in [6.07, 6.45) is 3.90. The van der Waals surface area contributed by atoms with Gasteiger partial charge in [-0.3, -0.25) is 4.79 Å². The highest BCUT2D eigenvalue weighted by molar-refractivity contribution is 6.01. The third-order valence-electron chi connectivity index (χ3n) is 5.84. The van der Waals surface area contributed by atoms with Gasteiger partial charge in [-0.1, -0.05) is 6.07 Å². The molecular formula is C21H28N2O5. The molecule has 1 saturated heterocycles. The molecule has 7 nitrogen and oxygen atoms in total. The molecule has 0 radical (unpaired) electrons. The zero-order chi connectivity index (χ0) is 20.1. The van der Waals surface area contributed by atoms with Crippen LogP contribution in [-0.4, -0.2) is 63.0 Å². The van der Waals surface area contributed by atoms with Crippen molar-refractivity contribution in [1.82, 2.24) is 4.90 Å². The van der Waals surface area contributed by atoms with Crippen LogP contribution in [0.2, 0.25) is 0 Å². The lowest BCUT2D eigenvalue weighted by atomic mass is 9.95. The third kappa shape index (κ3) is 3.95. The van der Waals surface area contributed by atoms with Crippen molar-refractivity contribution in [2.75, 3.05) is 32.2 Å². The lowest BCUT2D eigenvalue weighted by Crippen LogP contribution is -2.39. The summed E-state index contributed by atoms with van der Waals surface area (Å²) in [4.78, 5) is 38.9. The molecule has 0 aliphatic carbocycles. The molecule has 28 heavy (non-hydrogen) atoms. The minimum atomic E-state index is -0.562. The van der Waals surface area contributed by atoms with Crippen LogP contribution >= 0.6 is 0 Å². The van der Waals surface area contributed by atoms with Crippen molar-refractivity contribution in [2.24, 2.45) is 5.92 Å². The summed E-state index contributed by atoms with van der Waals surface area (Å²) >= 11 is 0. The highest BCUT2D eigenvalue weighted by Crippen LogP contribution is 2.35. The second kappa shape index (κ2) is 9.30. The van der Waals surface area contributed by atoms with Crippen LogP contribution in [0.5, 0.6) is 0 Å². The van der Waals surface area contributed by atoms with E-state index in [1.54, 1.807) is 19.1 Å². The Bertz CT molecular complexity index is 711. The molecule has 2 aliphatic rings. The molecule has 1 atom stereocenters. The van der Waals surface area contributed by atoms with Gasteiger partial charge in [0.1, 0.15) is 12.6 Å². The number of anilines is 1. The minimum absolute atomic E-state index is 0.131.